The van der Waals surface area contributed by atoms with Crippen LogP contribution in [-0.4, -0.2) is 38.2 Å². The van der Waals surface area contributed by atoms with E-state index in [9.17, 15) is 0 Å². The maximum absolute atomic E-state index is 5.98. The predicted molar refractivity (Wildman–Crippen MR) is 84.2 cm³/mol. The molecule has 1 heterocycles. The number of hydrogen-bond acceptors (Lipinski definition) is 3. The van der Waals surface area contributed by atoms with Gasteiger partial charge in [0, 0.05) is 18.7 Å². The van der Waals surface area contributed by atoms with E-state index in [-0.39, 0.29) is 0 Å². The second-order valence-electron chi connectivity index (χ2n) is 5.60. The number of ether oxygens (including phenoxy) is 1. The Kier molecular flexibility index (Phi) is 6.89. The van der Waals surface area contributed by atoms with E-state index in [0.29, 0.717) is 0 Å². The van der Waals surface area contributed by atoms with Gasteiger partial charge in [0.05, 0.1) is 0 Å². The zero-order valence-corrected chi connectivity index (χ0v) is 12.7. The molecule has 112 valence electrons. The first-order chi connectivity index (χ1) is 9.90. The summed E-state index contributed by atoms with van der Waals surface area (Å²) in [6.45, 7) is 5.18. The molecule has 3 heteroatoms. The van der Waals surface area contributed by atoms with E-state index in [2.05, 4.69) is 28.4 Å². The molecule has 1 N–H and O–H groups in total. The third-order valence-electron chi connectivity index (χ3n) is 3.95. The highest BCUT2D eigenvalue weighted by Gasteiger charge is 2.08. The monoisotopic (exact) mass is 276 g/mol. The molecule has 1 aliphatic rings. The Hall–Kier alpha value is -1.06. The topological polar surface area (TPSA) is 24.5 Å². The predicted octanol–water partition coefficient (Wildman–Crippen LogP) is 3.05. The number of para-hydroxylation sites is 1. The zero-order chi connectivity index (χ0) is 14.0. The highest BCUT2D eigenvalue weighted by atomic mass is 16.5. The van der Waals surface area contributed by atoms with Gasteiger partial charge in [-0.1, -0.05) is 37.5 Å². The van der Waals surface area contributed by atoms with Crippen LogP contribution in [0.2, 0.25) is 0 Å². The molecule has 0 bridgehead atoms. The van der Waals surface area contributed by atoms with Crippen LogP contribution in [0.1, 0.15) is 37.7 Å². The Morgan fingerprint density at radius 1 is 1.05 bits per heavy atom. The van der Waals surface area contributed by atoms with Gasteiger partial charge in [0.2, 0.25) is 0 Å². The molecule has 0 spiro atoms. The molecule has 0 aromatic heterocycles. The van der Waals surface area contributed by atoms with Crippen molar-refractivity contribution in [3.63, 3.8) is 0 Å². The van der Waals surface area contributed by atoms with Gasteiger partial charge in [0.25, 0.3) is 0 Å². The minimum absolute atomic E-state index is 0.792. The zero-order valence-electron chi connectivity index (χ0n) is 12.7. The fourth-order valence-electron chi connectivity index (χ4n) is 2.80. The first-order valence-electron chi connectivity index (χ1n) is 7.98. The van der Waals surface area contributed by atoms with Gasteiger partial charge in [-0.25, -0.2) is 0 Å². The molecule has 3 nitrogen and oxygen atoms in total. The SMILES string of the molecule is CNCc1ccccc1OCCN1CCCCCCC1. The van der Waals surface area contributed by atoms with Crippen molar-refractivity contribution in [1.29, 1.82) is 0 Å². The summed E-state index contributed by atoms with van der Waals surface area (Å²) < 4.78 is 5.98. The first kappa shape index (κ1) is 15.3. The summed E-state index contributed by atoms with van der Waals surface area (Å²) in [5.41, 5.74) is 1.24. The molecule has 0 saturated carbocycles. The maximum atomic E-state index is 5.98. The summed E-state index contributed by atoms with van der Waals surface area (Å²) in [6, 6.07) is 8.31. The fourth-order valence-corrected chi connectivity index (χ4v) is 2.80. The minimum Gasteiger partial charge on any atom is -0.492 e. The first-order valence-corrected chi connectivity index (χ1v) is 7.98. The van der Waals surface area contributed by atoms with Gasteiger partial charge < -0.3 is 10.1 Å². The van der Waals surface area contributed by atoms with E-state index in [1.165, 1.54) is 50.8 Å². The van der Waals surface area contributed by atoms with Gasteiger partial charge in [0.15, 0.2) is 0 Å². The van der Waals surface area contributed by atoms with Crippen molar-refractivity contribution in [1.82, 2.24) is 10.2 Å². The molecule has 0 aliphatic carbocycles. The molecule has 20 heavy (non-hydrogen) atoms. The Morgan fingerprint density at radius 3 is 2.50 bits per heavy atom. The van der Waals surface area contributed by atoms with E-state index in [1.807, 2.05) is 13.1 Å². The van der Waals surface area contributed by atoms with Crippen molar-refractivity contribution in [2.75, 3.05) is 33.3 Å². The average Bonchev–Trinajstić information content (AvgIpc) is 2.43. The maximum Gasteiger partial charge on any atom is 0.123 e. The number of hydrogen-bond donors (Lipinski definition) is 1. The fraction of sp³-hybridized carbons (Fsp3) is 0.647. The Labute approximate surface area is 123 Å². The normalized spacial score (nSPS) is 17.4. The van der Waals surface area contributed by atoms with E-state index in [4.69, 9.17) is 4.74 Å². The van der Waals surface area contributed by atoms with E-state index < -0.39 is 0 Å². The second kappa shape index (κ2) is 8.98. The second-order valence-corrected chi connectivity index (χ2v) is 5.60. The third-order valence-corrected chi connectivity index (χ3v) is 3.95. The molecule has 1 aromatic carbocycles. The summed E-state index contributed by atoms with van der Waals surface area (Å²) in [5.74, 6) is 1.02. The number of likely N-dealkylation sites (tertiary alicyclic amines) is 1. The van der Waals surface area contributed by atoms with Gasteiger partial charge >= 0.3 is 0 Å². The molecular formula is C17H28N2O. The molecule has 0 atom stereocenters. The summed E-state index contributed by atoms with van der Waals surface area (Å²) in [4.78, 5) is 2.56. The molecule has 1 aromatic rings. The van der Waals surface area contributed by atoms with Crippen molar-refractivity contribution in [2.24, 2.45) is 0 Å². The molecule has 1 aliphatic heterocycles. The van der Waals surface area contributed by atoms with Crippen molar-refractivity contribution in [3.8, 4) is 5.75 Å². The lowest BCUT2D eigenvalue weighted by Gasteiger charge is -2.24. The van der Waals surface area contributed by atoms with Gasteiger partial charge in [-0.3, -0.25) is 4.90 Å². The van der Waals surface area contributed by atoms with E-state index >= 15 is 0 Å². The van der Waals surface area contributed by atoms with Crippen LogP contribution in [0.5, 0.6) is 5.75 Å². The summed E-state index contributed by atoms with van der Waals surface area (Å²) in [6.07, 6.45) is 6.89. The van der Waals surface area contributed by atoms with Crippen LogP contribution in [0, 0.1) is 0 Å². The van der Waals surface area contributed by atoms with Crippen molar-refractivity contribution in [3.05, 3.63) is 29.8 Å². The van der Waals surface area contributed by atoms with Crippen molar-refractivity contribution < 1.29 is 4.74 Å². The smallest absolute Gasteiger partial charge is 0.123 e. The minimum atomic E-state index is 0.792. The van der Waals surface area contributed by atoms with Crippen LogP contribution in [0.25, 0.3) is 0 Å². The van der Waals surface area contributed by atoms with Crippen LogP contribution in [0.15, 0.2) is 24.3 Å². The Balaban J connectivity index is 1.76. The summed E-state index contributed by atoms with van der Waals surface area (Å²) >= 11 is 0. The van der Waals surface area contributed by atoms with Crippen LogP contribution < -0.4 is 10.1 Å². The highest BCUT2D eigenvalue weighted by molar-refractivity contribution is 5.33. The van der Waals surface area contributed by atoms with Crippen molar-refractivity contribution >= 4 is 0 Å². The van der Waals surface area contributed by atoms with Crippen LogP contribution >= 0.6 is 0 Å². The van der Waals surface area contributed by atoms with Gasteiger partial charge in [-0.2, -0.15) is 0 Å². The third kappa shape index (κ3) is 5.14. The number of nitrogens with one attached hydrogen (secondary N) is 1. The molecule has 1 saturated heterocycles. The lowest BCUT2D eigenvalue weighted by molar-refractivity contribution is 0.195. The Morgan fingerprint density at radius 2 is 1.75 bits per heavy atom. The standard InChI is InChI=1S/C17H28N2O/c1-18-15-16-9-5-6-10-17(16)20-14-13-19-11-7-3-2-4-8-12-19/h5-6,9-10,18H,2-4,7-8,11-15H2,1H3. The average molecular weight is 276 g/mol. The van der Waals surface area contributed by atoms with E-state index in [0.717, 1.165) is 25.4 Å². The highest BCUT2D eigenvalue weighted by Crippen LogP contribution is 2.17. The molecule has 1 fully saturated rings. The molecule has 0 radical (unpaired) electrons. The van der Waals surface area contributed by atoms with Crippen molar-refractivity contribution in [2.45, 2.75) is 38.6 Å². The summed E-state index contributed by atoms with van der Waals surface area (Å²) in [5, 5.41) is 3.19. The number of benzene rings is 1. The molecular weight excluding hydrogens is 248 g/mol. The van der Waals surface area contributed by atoms with Gasteiger partial charge in [0.1, 0.15) is 12.4 Å². The largest absolute Gasteiger partial charge is 0.492 e. The molecule has 0 amide bonds. The summed E-state index contributed by atoms with van der Waals surface area (Å²) in [7, 11) is 1.97. The van der Waals surface area contributed by atoms with Gasteiger partial charge in [-0.15, -0.1) is 0 Å². The lowest BCUT2D eigenvalue weighted by atomic mass is 10.1. The number of rotatable bonds is 6. The number of nitrogens with zero attached hydrogens (tertiary/aromatic N) is 1. The van der Waals surface area contributed by atoms with Crippen LogP contribution in [0.3, 0.4) is 0 Å². The Bertz CT molecular complexity index is 373. The molecule has 0 unspecified atom stereocenters. The van der Waals surface area contributed by atoms with Crippen LogP contribution in [-0.2, 0) is 6.54 Å². The quantitative estimate of drug-likeness (QED) is 0.864. The lowest BCUT2D eigenvalue weighted by Crippen LogP contribution is -2.31. The van der Waals surface area contributed by atoms with Gasteiger partial charge in [-0.05, 0) is 39.0 Å². The molecule has 2 rings (SSSR count). The van der Waals surface area contributed by atoms with Crippen LogP contribution in [0.4, 0.5) is 0 Å². The van der Waals surface area contributed by atoms with E-state index in [1.54, 1.807) is 0 Å².